The zero-order valence-corrected chi connectivity index (χ0v) is 8.93. The van der Waals surface area contributed by atoms with Crippen molar-refractivity contribution in [2.24, 2.45) is 5.16 Å². The first-order valence-corrected chi connectivity index (χ1v) is 4.57. The zero-order chi connectivity index (χ0) is 14.6. The molecule has 0 fully saturated rings. The van der Waals surface area contributed by atoms with Crippen molar-refractivity contribution in [2.45, 2.75) is 12.5 Å². The average molecular weight is 277 g/mol. The van der Waals surface area contributed by atoms with Gasteiger partial charge in [-0.1, -0.05) is 5.16 Å². The Bertz CT molecular complexity index is 513. The number of ketones is 1. The van der Waals surface area contributed by atoms with Crippen LogP contribution >= 0.6 is 0 Å². The van der Waals surface area contributed by atoms with E-state index in [0.717, 1.165) is 6.08 Å². The van der Waals surface area contributed by atoms with Gasteiger partial charge in [0.2, 0.25) is 5.76 Å². The molecule has 0 aliphatic heterocycles. The number of hydrogen-bond acceptors (Lipinski definition) is 7. The van der Waals surface area contributed by atoms with Crippen molar-refractivity contribution in [2.75, 3.05) is 0 Å². The highest BCUT2D eigenvalue weighted by Crippen LogP contribution is 2.20. The highest BCUT2D eigenvalue weighted by molar-refractivity contribution is 5.99. The summed E-state index contributed by atoms with van der Waals surface area (Å²) < 4.78 is 23.5. The molecule has 19 heavy (non-hydrogen) atoms. The van der Waals surface area contributed by atoms with E-state index in [9.17, 15) is 33.8 Å². The molecule has 0 N–H and O–H groups in total. The van der Waals surface area contributed by atoms with Crippen LogP contribution < -0.4 is 0 Å². The molecule has 0 aromatic carbocycles. The van der Waals surface area contributed by atoms with Gasteiger partial charge >= 0.3 is 17.5 Å². The molecule has 0 aromatic rings. The molecule has 1 unspecified atom stereocenters. The van der Waals surface area contributed by atoms with Gasteiger partial charge in [-0.3, -0.25) is 25.0 Å². The highest BCUT2D eigenvalue weighted by atomic mass is 19.3. The van der Waals surface area contributed by atoms with Crippen molar-refractivity contribution >= 4 is 12.0 Å². The maximum absolute atomic E-state index is 11.7. The molecule has 0 amide bonds. The third-order valence-electron chi connectivity index (χ3n) is 1.91. The minimum Gasteiger partial charge on any atom is -0.354 e. The van der Waals surface area contributed by atoms with E-state index in [4.69, 9.17) is 0 Å². The topological polar surface area (TPSA) is 125 Å². The second-order valence-corrected chi connectivity index (χ2v) is 3.11. The lowest BCUT2D eigenvalue weighted by molar-refractivity contribution is -0.505. The van der Waals surface area contributed by atoms with E-state index >= 15 is 0 Å². The lowest BCUT2D eigenvalue weighted by atomic mass is 10.0. The summed E-state index contributed by atoms with van der Waals surface area (Å²) in [5.41, 5.74) is -0.994. The summed E-state index contributed by atoms with van der Waals surface area (Å²) in [5.74, 6) is -2.10. The molecule has 1 aliphatic carbocycles. The third-order valence-corrected chi connectivity index (χ3v) is 1.91. The number of nitrogens with zero attached hydrogens (tertiary/aromatic N) is 3. The Morgan fingerprint density at radius 2 is 2.00 bits per heavy atom. The first-order chi connectivity index (χ1) is 8.84. The summed E-state index contributed by atoms with van der Waals surface area (Å²) >= 11 is 0. The Morgan fingerprint density at radius 1 is 1.37 bits per heavy atom. The summed E-state index contributed by atoms with van der Waals surface area (Å²) in [7, 11) is 0. The van der Waals surface area contributed by atoms with Gasteiger partial charge in [0.25, 0.3) is 6.43 Å². The van der Waals surface area contributed by atoms with E-state index in [-0.39, 0.29) is 6.21 Å². The molecule has 0 radical (unpaired) electrons. The molecule has 1 atom stereocenters. The Kier molecular flexibility index (Phi) is 4.34. The normalized spacial score (nSPS) is 19.3. The molecule has 11 heteroatoms. The van der Waals surface area contributed by atoms with Gasteiger partial charge in [-0.25, -0.2) is 8.78 Å². The number of hydrogen-bond donors (Lipinski definition) is 0. The minimum absolute atomic E-state index is 0.0506. The van der Waals surface area contributed by atoms with Crippen LogP contribution in [0.1, 0.15) is 0 Å². The number of allylic oxidation sites excluding steroid dienone is 2. The molecule has 1 aliphatic rings. The van der Waals surface area contributed by atoms with E-state index in [1.54, 1.807) is 0 Å². The number of Topliss-reactive ketones (excluding diaryl/α,β-unsaturated/α-hetero) is 1. The van der Waals surface area contributed by atoms with Crippen molar-refractivity contribution in [1.82, 2.24) is 0 Å². The Balaban J connectivity index is 3.03. The summed E-state index contributed by atoms with van der Waals surface area (Å²) in [4.78, 5) is 34.6. The lowest BCUT2D eigenvalue weighted by Gasteiger charge is -2.11. The van der Waals surface area contributed by atoms with Gasteiger partial charge in [0, 0.05) is 11.0 Å². The molecule has 0 bridgehead atoms. The van der Waals surface area contributed by atoms with Crippen LogP contribution in [0.25, 0.3) is 0 Å². The van der Waals surface area contributed by atoms with Crippen molar-refractivity contribution in [1.29, 1.82) is 0 Å². The molecule has 0 spiro atoms. The van der Waals surface area contributed by atoms with Crippen LogP contribution in [-0.2, 0) is 9.63 Å². The second-order valence-electron chi connectivity index (χ2n) is 3.11. The highest BCUT2D eigenvalue weighted by Gasteiger charge is 2.45. The van der Waals surface area contributed by atoms with Crippen molar-refractivity contribution in [3.63, 3.8) is 0 Å². The molecule has 9 nitrogen and oxygen atoms in total. The average Bonchev–Trinajstić information content (AvgIpc) is 2.27. The van der Waals surface area contributed by atoms with Crippen LogP contribution in [0.4, 0.5) is 8.78 Å². The second kappa shape index (κ2) is 5.75. The van der Waals surface area contributed by atoms with Crippen LogP contribution in [0.2, 0.25) is 0 Å². The van der Waals surface area contributed by atoms with Gasteiger partial charge < -0.3 is 4.84 Å². The predicted molar refractivity (Wildman–Crippen MR) is 54.5 cm³/mol. The van der Waals surface area contributed by atoms with E-state index in [0.29, 0.717) is 6.08 Å². The first kappa shape index (κ1) is 14.3. The number of carbonyl (C=O) groups excluding carboxylic acids is 1. The molecule has 102 valence electrons. The Hall–Kier alpha value is -2.72. The predicted octanol–water partition coefficient (Wildman–Crippen LogP) is 0.526. The summed E-state index contributed by atoms with van der Waals surface area (Å²) in [5, 5.41) is 23.8. The van der Waals surface area contributed by atoms with Gasteiger partial charge in [0.15, 0.2) is 0 Å². The van der Waals surface area contributed by atoms with Crippen LogP contribution in [-0.4, -0.2) is 34.3 Å². The fraction of sp³-hybridized carbons (Fsp3) is 0.250. The first-order valence-electron chi connectivity index (χ1n) is 4.57. The molecular weight excluding hydrogens is 272 g/mol. The van der Waals surface area contributed by atoms with E-state index in [2.05, 4.69) is 9.99 Å². The SMILES string of the molecule is O=C1C([N+](=O)[O-])=CC=C(ON=CC(F)F)C1[N+](=O)[O-]. The van der Waals surface area contributed by atoms with E-state index in [1.807, 2.05) is 0 Å². The van der Waals surface area contributed by atoms with Gasteiger partial charge in [0.1, 0.15) is 6.21 Å². The smallest absolute Gasteiger partial charge is 0.340 e. The summed E-state index contributed by atoms with van der Waals surface area (Å²) in [6, 6.07) is -2.18. The fourth-order valence-electron chi connectivity index (χ4n) is 1.17. The lowest BCUT2D eigenvalue weighted by Crippen LogP contribution is -2.37. The Labute approximate surface area is 103 Å². The van der Waals surface area contributed by atoms with Gasteiger partial charge in [0.05, 0.1) is 4.92 Å². The number of nitro groups is 2. The standard InChI is InChI=1S/C8H5F2N3O6/c9-6(10)3-11-19-5-2-1-4(12(15)16)8(14)7(5)13(17)18/h1-3,6-7H. The maximum Gasteiger partial charge on any atom is 0.340 e. The van der Waals surface area contributed by atoms with Gasteiger partial charge in [-0.15, -0.1) is 0 Å². The molecule has 0 aromatic heterocycles. The van der Waals surface area contributed by atoms with Crippen LogP contribution in [0, 0.1) is 20.2 Å². The van der Waals surface area contributed by atoms with Crippen molar-refractivity contribution < 1.29 is 28.3 Å². The van der Waals surface area contributed by atoms with Crippen LogP contribution in [0.5, 0.6) is 0 Å². The van der Waals surface area contributed by atoms with Crippen LogP contribution in [0.3, 0.4) is 0 Å². The minimum atomic E-state index is -2.95. The quantitative estimate of drug-likeness (QED) is 0.410. The Morgan fingerprint density at radius 3 is 2.47 bits per heavy atom. The maximum atomic E-state index is 11.7. The summed E-state index contributed by atoms with van der Waals surface area (Å²) in [6.45, 7) is 0. The molecule has 0 saturated heterocycles. The summed E-state index contributed by atoms with van der Waals surface area (Å²) in [6.07, 6.45) is -1.46. The number of oxime groups is 1. The third kappa shape index (κ3) is 3.37. The monoisotopic (exact) mass is 277 g/mol. The zero-order valence-electron chi connectivity index (χ0n) is 8.93. The number of alkyl halides is 2. The van der Waals surface area contributed by atoms with E-state index in [1.165, 1.54) is 0 Å². The van der Waals surface area contributed by atoms with Gasteiger partial charge in [-0.05, 0) is 6.08 Å². The molecule has 1 rings (SSSR count). The number of carbonyl (C=O) groups is 1. The van der Waals surface area contributed by atoms with Crippen molar-refractivity contribution in [3.8, 4) is 0 Å². The van der Waals surface area contributed by atoms with Crippen molar-refractivity contribution in [3.05, 3.63) is 43.8 Å². The number of halogens is 2. The largest absolute Gasteiger partial charge is 0.354 e. The molecule has 0 saturated carbocycles. The number of rotatable bonds is 5. The van der Waals surface area contributed by atoms with E-state index < -0.39 is 39.6 Å². The molecule has 0 heterocycles. The van der Waals surface area contributed by atoms with Crippen LogP contribution in [0.15, 0.2) is 28.8 Å². The van der Waals surface area contributed by atoms with Gasteiger partial charge in [-0.2, -0.15) is 0 Å². The molecular formula is C8H5F2N3O6. The fourth-order valence-corrected chi connectivity index (χ4v) is 1.17.